The van der Waals surface area contributed by atoms with Crippen molar-refractivity contribution in [2.75, 3.05) is 20.2 Å². The molecule has 0 radical (unpaired) electrons. The summed E-state index contributed by atoms with van der Waals surface area (Å²) >= 11 is 1.52. The minimum Gasteiger partial charge on any atom is -0.493 e. The minimum atomic E-state index is -0.0219. The summed E-state index contributed by atoms with van der Waals surface area (Å²) in [4.78, 5) is 18.8. The first kappa shape index (κ1) is 17.7. The van der Waals surface area contributed by atoms with Crippen molar-refractivity contribution in [1.82, 2.24) is 9.88 Å². The Labute approximate surface area is 151 Å². The summed E-state index contributed by atoms with van der Waals surface area (Å²) in [5, 5.41) is 1.94. The zero-order valence-electron chi connectivity index (χ0n) is 14.6. The Morgan fingerprint density at radius 1 is 1.32 bits per heavy atom. The largest absolute Gasteiger partial charge is 0.493 e. The van der Waals surface area contributed by atoms with Crippen LogP contribution in [0.4, 0.5) is 0 Å². The Balaban J connectivity index is 1.72. The lowest BCUT2D eigenvalue weighted by molar-refractivity contribution is -0.0586. The van der Waals surface area contributed by atoms with Gasteiger partial charge >= 0.3 is 0 Å². The van der Waals surface area contributed by atoms with E-state index in [0.717, 1.165) is 5.69 Å². The fourth-order valence-electron chi connectivity index (χ4n) is 2.91. The molecule has 134 valence electrons. The lowest BCUT2D eigenvalue weighted by Crippen LogP contribution is -2.48. The third-order valence-electron chi connectivity index (χ3n) is 3.98. The predicted molar refractivity (Wildman–Crippen MR) is 95.4 cm³/mol. The zero-order chi connectivity index (χ0) is 17.8. The maximum atomic E-state index is 12.8. The van der Waals surface area contributed by atoms with E-state index >= 15 is 0 Å². The SMILES string of the molecule is COc1cc(C(=O)N2C[C@@H](C)O[C@H](C)C2)ccc1OCc1cscn1. The number of ether oxygens (including phenoxy) is 3. The monoisotopic (exact) mass is 362 g/mol. The standard InChI is InChI=1S/C18H22N2O4S/c1-12-7-20(8-13(2)24-12)18(21)14-4-5-16(17(6-14)22-3)23-9-15-10-25-11-19-15/h4-6,10-13H,7-9H2,1-3H3/t12-,13-/m1/s1. The van der Waals surface area contributed by atoms with Gasteiger partial charge in [-0.1, -0.05) is 0 Å². The number of thiazole rings is 1. The van der Waals surface area contributed by atoms with Crippen LogP contribution in [0.25, 0.3) is 0 Å². The first-order valence-corrected chi connectivity index (χ1v) is 9.13. The van der Waals surface area contributed by atoms with E-state index in [1.165, 1.54) is 11.3 Å². The molecule has 0 unspecified atom stereocenters. The molecular weight excluding hydrogens is 340 g/mol. The van der Waals surface area contributed by atoms with E-state index in [2.05, 4.69) is 4.98 Å². The van der Waals surface area contributed by atoms with E-state index in [4.69, 9.17) is 14.2 Å². The number of carbonyl (C=O) groups excluding carboxylic acids is 1. The molecule has 1 fully saturated rings. The van der Waals surface area contributed by atoms with Gasteiger partial charge in [0.15, 0.2) is 11.5 Å². The smallest absolute Gasteiger partial charge is 0.254 e. The number of hydrogen-bond acceptors (Lipinski definition) is 6. The summed E-state index contributed by atoms with van der Waals surface area (Å²) in [7, 11) is 1.57. The highest BCUT2D eigenvalue weighted by molar-refractivity contribution is 7.07. The fraction of sp³-hybridized carbons (Fsp3) is 0.444. The van der Waals surface area contributed by atoms with Gasteiger partial charge in [-0.2, -0.15) is 0 Å². The second kappa shape index (κ2) is 7.84. The van der Waals surface area contributed by atoms with E-state index in [9.17, 15) is 4.79 Å². The molecule has 2 heterocycles. The van der Waals surface area contributed by atoms with Crippen molar-refractivity contribution in [3.63, 3.8) is 0 Å². The van der Waals surface area contributed by atoms with Crippen LogP contribution in [0.1, 0.15) is 29.9 Å². The summed E-state index contributed by atoms with van der Waals surface area (Å²) in [5.74, 6) is 1.11. The molecule has 0 bridgehead atoms. The lowest BCUT2D eigenvalue weighted by Gasteiger charge is -2.35. The molecule has 25 heavy (non-hydrogen) atoms. The summed E-state index contributed by atoms with van der Waals surface area (Å²) in [6.07, 6.45) is 0.0747. The Hall–Kier alpha value is -2.12. The molecule has 1 aliphatic heterocycles. The van der Waals surface area contributed by atoms with Crippen molar-refractivity contribution in [2.45, 2.75) is 32.7 Å². The van der Waals surface area contributed by atoms with Gasteiger partial charge in [0.1, 0.15) is 6.61 Å². The molecule has 1 aromatic carbocycles. The van der Waals surface area contributed by atoms with Gasteiger partial charge in [-0.3, -0.25) is 4.79 Å². The van der Waals surface area contributed by atoms with Gasteiger partial charge in [0.2, 0.25) is 0 Å². The molecule has 1 amide bonds. The average Bonchev–Trinajstić information content (AvgIpc) is 3.12. The Kier molecular flexibility index (Phi) is 5.55. The highest BCUT2D eigenvalue weighted by atomic mass is 32.1. The molecule has 7 heteroatoms. The second-order valence-corrected chi connectivity index (χ2v) is 6.82. The highest BCUT2D eigenvalue weighted by Gasteiger charge is 2.27. The fourth-order valence-corrected chi connectivity index (χ4v) is 3.45. The van der Waals surface area contributed by atoms with Crippen LogP contribution < -0.4 is 9.47 Å². The van der Waals surface area contributed by atoms with Crippen LogP contribution in [-0.2, 0) is 11.3 Å². The highest BCUT2D eigenvalue weighted by Crippen LogP contribution is 2.29. The molecule has 2 atom stereocenters. The van der Waals surface area contributed by atoms with Crippen molar-refractivity contribution >= 4 is 17.2 Å². The van der Waals surface area contributed by atoms with Crippen LogP contribution >= 0.6 is 11.3 Å². The van der Waals surface area contributed by atoms with Crippen LogP contribution in [0.5, 0.6) is 11.5 Å². The van der Waals surface area contributed by atoms with E-state index in [1.54, 1.807) is 30.8 Å². The van der Waals surface area contributed by atoms with Crippen molar-refractivity contribution in [3.8, 4) is 11.5 Å². The number of aromatic nitrogens is 1. The number of rotatable bonds is 5. The summed E-state index contributed by atoms with van der Waals surface area (Å²) in [5.41, 5.74) is 3.21. The van der Waals surface area contributed by atoms with E-state index in [1.807, 2.05) is 24.1 Å². The first-order valence-electron chi connectivity index (χ1n) is 8.19. The topological polar surface area (TPSA) is 60.9 Å². The lowest BCUT2D eigenvalue weighted by atomic mass is 10.1. The van der Waals surface area contributed by atoms with Crippen LogP contribution in [0, 0.1) is 0 Å². The Morgan fingerprint density at radius 3 is 2.72 bits per heavy atom. The van der Waals surface area contributed by atoms with Crippen LogP contribution in [0.2, 0.25) is 0 Å². The zero-order valence-corrected chi connectivity index (χ0v) is 15.4. The molecule has 1 aliphatic rings. The molecule has 0 N–H and O–H groups in total. The van der Waals surface area contributed by atoms with Gasteiger partial charge in [-0.25, -0.2) is 4.98 Å². The average molecular weight is 362 g/mol. The number of methoxy groups -OCH3 is 1. The van der Waals surface area contributed by atoms with Gasteiger partial charge in [0, 0.05) is 24.0 Å². The molecule has 0 saturated carbocycles. The van der Waals surface area contributed by atoms with Crippen molar-refractivity contribution in [3.05, 3.63) is 40.3 Å². The molecular formula is C18H22N2O4S. The van der Waals surface area contributed by atoms with Gasteiger partial charge < -0.3 is 19.1 Å². The van der Waals surface area contributed by atoms with Crippen LogP contribution in [0.3, 0.4) is 0 Å². The molecule has 1 aromatic heterocycles. The molecule has 3 rings (SSSR count). The molecule has 6 nitrogen and oxygen atoms in total. The number of carbonyl (C=O) groups is 1. The number of morpholine rings is 1. The third-order valence-corrected chi connectivity index (χ3v) is 4.61. The van der Waals surface area contributed by atoms with Crippen LogP contribution in [-0.4, -0.2) is 48.2 Å². The Morgan fingerprint density at radius 2 is 2.08 bits per heavy atom. The van der Waals surface area contributed by atoms with Gasteiger partial charge in [0.25, 0.3) is 5.91 Å². The van der Waals surface area contributed by atoms with E-state index in [0.29, 0.717) is 36.8 Å². The van der Waals surface area contributed by atoms with Gasteiger partial charge in [-0.05, 0) is 32.0 Å². The maximum absolute atomic E-state index is 12.8. The third kappa shape index (κ3) is 4.29. The van der Waals surface area contributed by atoms with Crippen LogP contribution in [0.15, 0.2) is 29.1 Å². The molecule has 0 aliphatic carbocycles. The number of benzene rings is 1. The summed E-state index contributed by atoms with van der Waals surface area (Å²) in [6, 6.07) is 5.27. The molecule has 0 spiro atoms. The normalized spacial score (nSPS) is 20.4. The maximum Gasteiger partial charge on any atom is 0.254 e. The molecule has 2 aromatic rings. The number of nitrogens with zero attached hydrogens (tertiary/aromatic N) is 2. The second-order valence-electron chi connectivity index (χ2n) is 6.10. The summed E-state index contributed by atoms with van der Waals surface area (Å²) < 4.78 is 16.8. The summed E-state index contributed by atoms with van der Waals surface area (Å²) in [6.45, 7) is 5.50. The Bertz CT molecular complexity index is 710. The number of hydrogen-bond donors (Lipinski definition) is 0. The van der Waals surface area contributed by atoms with Gasteiger partial charge in [-0.15, -0.1) is 11.3 Å². The predicted octanol–water partition coefficient (Wildman–Crippen LogP) is 2.98. The van der Waals surface area contributed by atoms with E-state index < -0.39 is 0 Å². The quantitative estimate of drug-likeness (QED) is 0.818. The van der Waals surface area contributed by atoms with E-state index in [-0.39, 0.29) is 18.1 Å². The van der Waals surface area contributed by atoms with Crippen molar-refractivity contribution in [1.29, 1.82) is 0 Å². The van der Waals surface area contributed by atoms with Crippen molar-refractivity contribution < 1.29 is 19.0 Å². The van der Waals surface area contributed by atoms with Gasteiger partial charge in [0.05, 0.1) is 30.5 Å². The first-order chi connectivity index (χ1) is 12.1. The number of amides is 1. The minimum absolute atomic E-state index is 0.0219. The van der Waals surface area contributed by atoms with Crippen molar-refractivity contribution in [2.24, 2.45) is 0 Å². The molecule has 1 saturated heterocycles.